The van der Waals surface area contributed by atoms with Crippen LogP contribution in [0.25, 0.3) is 0 Å². The Morgan fingerprint density at radius 3 is 2.21 bits per heavy atom. The monoisotopic (exact) mass is 306 g/mol. The van der Waals surface area contributed by atoms with Crippen molar-refractivity contribution in [1.82, 2.24) is 9.21 Å². The van der Waals surface area contributed by atoms with E-state index >= 15 is 0 Å². The third-order valence-corrected chi connectivity index (χ3v) is 6.64. The van der Waals surface area contributed by atoms with E-state index in [4.69, 9.17) is 0 Å². The van der Waals surface area contributed by atoms with Gasteiger partial charge in [0.2, 0.25) is 15.9 Å². The quantitative estimate of drug-likeness (QED) is 0.774. The SMILES string of the molecule is CC(C)S(=O)(=O)N1CCC(N2C(=O)CSC2=O)CC1. The van der Waals surface area contributed by atoms with Crippen molar-refractivity contribution in [2.24, 2.45) is 0 Å². The predicted octanol–water partition coefficient (Wildman–Crippen LogP) is 0.884. The molecule has 2 aliphatic heterocycles. The molecule has 108 valence electrons. The molecule has 0 spiro atoms. The van der Waals surface area contributed by atoms with Gasteiger partial charge in [0.1, 0.15) is 0 Å². The Balaban J connectivity index is 2.00. The minimum Gasteiger partial charge on any atom is -0.273 e. The zero-order valence-corrected chi connectivity index (χ0v) is 12.7. The molecule has 0 saturated carbocycles. The fraction of sp³-hybridized carbons (Fsp3) is 0.818. The summed E-state index contributed by atoms with van der Waals surface area (Å²) in [6, 6.07) is -0.145. The van der Waals surface area contributed by atoms with Crippen LogP contribution in [0.5, 0.6) is 0 Å². The van der Waals surface area contributed by atoms with E-state index in [1.807, 2.05) is 0 Å². The number of hydrogen-bond donors (Lipinski definition) is 0. The van der Waals surface area contributed by atoms with Crippen molar-refractivity contribution in [1.29, 1.82) is 0 Å². The predicted molar refractivity (Wildman–Crippen MR) is 73.4 cm³/mol. The lowest BCUT2D eigenvalue weighted by Gasteiger charge is -2.35. The summed E-state index contributed by atoms with van der Waals surface area (Å²) in [5.41, 5.74) is 0. The van der Waals surface area contributed by atoms with Gasteiger partial charge in [0, 0.05) is 19.1 Å². The fourth-order valence-electron chi connectivity index (χ4n) is 2.37. The van der Waals surface area contributed by atoms with Gasteiger partial charge in [-0.2, -0.15) is 0 Å². The molecule has 2 saturated heterocycles. The van der Waals surface area contributed by atoms with E-state index in [0.29, 0.717) is 25.9 Å². The highest BCUT2D eigenvalue weighted by Gasteiger charge is 2.39. The number of carbonyl (C=O) groups is 2. The molecule has 0 bridgehead atoms. The Labute approximate surface area is 117 Å². The highest BCUT2D eigenvalue weighted by molar-refractivity contribution is 8.14. The summed E-state index contributed by atoms with van der Waals surface area (Å²) >= 11 is 1.02. The van der Waals surface area contributed by atoms with Crippen molar-refractivity contribution >= 4 is 32.9 Å². The molecule has 0 unspecified atom stereocenters. The number of rotatable bonds is 3. The van der Waals surface area contributed by atoms with E-state index in [1.165, 1.54) is 9.21 Å². The molecule has 2 aliphatic rings. The van der Waals surface area contributed by atoms with Crippen molar-refractivity contribution in [3.8, 4) is 0 Å². The standard InChI is InChI=1S/C11H18N2O4S2/c1-8(2)19(16,17)12-5-3-9(4-6-12)13-10(14)7-18-11(13)15/h8-9H,3-7H2,1-2H3. The largest absolute Gasteiger partial charge is 0.289 e. The molecule has 8 heteroatoms. The third-order valence-electron chi connectivity index (χ3n) is 3.53. The maximum Gasteiger partial charge on any atom is 0.289 e. The van der Waals surface area contributed by atoms with Gasteiger partial charge in [-0.25, -0.2) is 12.7 Å². The van der Waals surface area contributed by atoms with Crippen molar-refractivity contribution < 1.29 is 18.0 Å². The Kier molecular flexibility index (Phi) is 4.22. The first kappa shape index (κ1) is 14.8. The van der Waals surface area contributed by atoms with Gasteiger partial charge in [-0.15, -0.1) is 0 Å². The van der Waals surface area contributed by atoms with Gasteiger partial charge < -0.3 is 0 Å². The summed E-state index contributed by atoms with van der Waals surface area (Å²) in [4.78, 5) is 24.5. The van der Waals surface area contributed by atoms with Gasteiger partial charge in [-0.1, -0.05) is 11.8 Å². The first-order valence-electron chi connectivity index (χ1n) is 6.32. The molecule has 2 rings (SSSR count). The molecule has 0 aromatic rings. The second-order valence-electron chi connectivity index (χ2n) is 5.04. The minimum absolute atomic E-state index is 0.145. The number of hydrogen-bond acceptors (Lipinski definition) is 5. The van der Waals surface area contributed by atoms with Gasteiger partial charge in [0.15, 0.2) is 0 Å². The first-order chi connectivity index (χ1) is 8.84. The van der Waals surface area contributed by atoms with Gasteiger partial charge in [0.05, 0.1) is 11.0 Å². The fourth-order valence-corrected chi connectivity index (χ4v) is 4.46. The topological polar surface area (TPSA) is 74.8 Å². The minimum atomic E-state index is -3.23. The van der Waals surface area contributed by atoms with Crippen LogP contribution in [0.4, 0.5) is 4.79 Å². The molecule has 2 amide bonds. The highest BCUT2D eigenvalue weighted by Crippen LogP contribution is 2.27. The molecule has 0 radical (unpaired) electrons. The molecule has 0 atom stereocenters. The lowest BCUT2D eigenvalue weighted by atomic mass is 10.1. The number of sulfonamides is 1. The Bertz CT molecular complexity index is 465. The third kappa shape index (κ3) is 2.80. The second-order valence-corrected chi connectivity index (χ2v) is 8.46. The van der Waals surface area contributed by atoms with Crippen LogP contribution < -0.4 is 0 Å². The second kappa shape index (κ2) is 5.41. The van der Waals surface area contributed by atoms with Crippen LogP contribution in [0.1, 0.15) is 26.7 Å². The summed E-state index contributed by atoms with van der Waals surface area (Å²) in [5.74, 6) is 0.0590. The number of amides is 2. The smallest absolute Gasteiger partial charge is 0.273 e. The van der Waals surface area contributed by atoms with Crippen LogP contribution in [0, 0.1) is 0 Å². The number of imide groups is 1. The summed E-state index contributed by atoms with van der Waals surface area (Å²) in [6.45, 7) is 4.08. The maximum atomic E-state index is 12.0. The first-order valence-corrected chi connectivity index (χ1v) is 8.80. The molecule has 2 fully saturated rings. The highest BCUT2D eigenvalue weighted by atomic mass is 32.2. The van der Waals surface area contributed by atoms with E-state index < -0.39 is 15.3 Å². The number of piperidine rings is 1. The zero-order chi connectivity index (χ0) is 14.2. The van der Waals surface area contributed by atoms with Crippen LogP contribution in [-0.4, -0.2) is 58.9 Å². The van der Waals surface area contributed by atoms with E-state index in [9.17, 15) is 18.0 Å². The molecule has 6 nitrogen and oxygen atoms in total. The Morgan fingerprint density at radius 1 is 1.21 bits per heavy atom. The van der Waals surface area contributed by atoms with Crippen LogP contribution in [0.15, 0.2) is 0 Å². The molecule has 0 aromatic carbocycles. The van der Waals surface area contributed by atoms with Crippen molar-refractivity contribution in [2.45, 2.75) is 38.0 Å². The molecular formula is C11H18N2O4S2. The molecular weight excluding hydrogens is 288 g/mol. The van der Waals surface area contributed by atoms with E-state index in [1.54, 1.807) is 13.8 Å². The lowest BCUT2D eigenvalue weighted by Crippen LogP contribution is -2.49. The molecule has 0 aliphatic carbocycles. The lowest BCUT2D eigenvalue weighted by molar-refractivity contribution is -0.126. The Hall–Kier alpha value is -0.600. The van der Waals surface area contributed by atoms with E-state index in [0.717, 1.165) is 11.8 Å². The van der Waals surface area contributed by atoms with Crippen LogP contribution in [-0.2, 0) is 14.8 Å². The number of thioether (sulfide) groups is 1. The van der Waals surface area contributed by atoms with Crippen molar-refractivity contribution in [3.05, 3.63) is 0 Å². The van der Waals surface area contributed by atoms with E-state index in [2.05, 4.69) is 0 Å². The summed E-state index contributed by atoms with van der Waals surface area (Å²) < 4.78 is 25.5. The molecule has 19 heavy (non-hydrogen) atoms. The summed E-state index contributed by atoms with van der Waals surface area (Å²) in [5, 5.41) is -0.634. The van der Waals surface area contributed by atoms with Gasteiger partial charge in [-0.3, -0.25) is 14.5 Å². The molecule has 0 aromatic heterocycles. The molecule has 0 N–H and O–H groups in total. The van der Waals surface area contributed by atoms with Gasteiger partial charge in [-0.05, 0) is 26.7 Å². The number of carbonyl (C=O) groups excluding carboxylic acids is 2. The van der Waals surface area contributed by atoms with Gasteiger partial charge >= 0.3 is 0 Å². The van der Waals surface area contributed by atoms with Gasteiger partial charge in [0.25, 0.3) is 5.24 Å². The van der Waals surface area contributed by atoms with Crippen molar-refractivity contribution in [2.75, 3.05) is 18.8 Å². The molecule has 2 heterocycles. The summed E-state index contributed by atoms with van der Waals surface area (Å²) in [7, 11) is -3.23. The average Bonchev–Trinajstić information content (AvgIpc) is 2.69. The van der Waals surface area contributed by atoms with Crippen LogP contribution in [0.3, 0.4) is 0 Å². The van der Waals surface area contributed by atoms with Crippen LogP contribution >= 0.6 is 11.8 Å². The van der Waals surface area contributed by atoms with E-state index in [-0.39, 0.29) is 22.9 Å². The maximum absolute atomic E-state index is 12.0. The Morgan fingerprint density at radius 2 is 1.79 bits per heavy atom. The summed E-state index contributed by atoms with van der Waals surface area (Å²) in [6.07, 6.45) is 1.06. The average molecular weight is 306 g/mol. The normalized spacial score (nSPS) is 23.6. The van der Waals surface area contributed by atoms with Crippen molar-refractivity contribution in [3.63, 3.8) is 0 Å². The number of nitrogens with zero attached hydrogens (tertiary/aromatic N) is 2. The zero-order valence-electron chi connectivity index (χ0n) is 11.0. The van der Waals surface area contributed by atoms with Crippen LogP contribution in [0.2, 0.25) is 0 Å².